The molecule has 0 saturated heterocycles. The molecule has 1 nitrogen and oxygen atoms in total. The fourth-order valence-electron chi connectivity index (χ4n) is 14.0. The van der Waals surface area contributed by atoms with Crippen LogP contribution in [0.5, 0.6) is 0 Å². The highest BCUT2D eigenvalue weighted by Gasteiger charge is 2.41. The van der Waals surface area contributed by atoms with E-state index in [9.17, 15) is 0 Å². The van der Waals surface area contributed by atoms with E-state index < -0.39 is 0 Å². The van der Waals surface area contributed by atoms with Crippen molar-refractivity contribution in [3.05, 3.63) is 166 Å². The number of fused-ring (bicyclic) bond motifs is 14. The van der Waals surface area contributed by atoms with Gasteiger partial charge in [0.25, 0.3) is 0 Å². The van der Waals surface area contributed by atoms with Crippen molar-refractivity contribution in [3.63, 3.8) is 0 Å². The highest BCUT2D eigenvalue weighted by Crippen LogP contribution is 2.55. The maximum absolute atomic E-state index is 4.30. The normalized spacial score (nSPS) is 18.9. The monoisotopic (exact) mass is 929 g/mol. The number of thiophene rings is 2. The van der Waals surface area contributed by atoms with Gasteiger partial charge in [0, 0.05) is 63.2 Å². The number of anilines is 2. The lowest BCUT2D eigenvalue weighted by atomic mass is 9.50. The molecular formula is C65H60BNS2. The fourth-order valence-corrected chi connectivity index (χ4v) is 16.4. The zero-order valence-corrected chi connectivity index (χ0v) is 43.3. The van der Waals surface area contributed by atoms with E-state index in [-0.39, 0.29) is 27.6 Å². The van der Waals surface area contributed by atoms with Crippen LogP contribution in [0.1, 0.15) is 131 Å². The van der Waals surface area contributed by atoms with Crippen LogP contribution in [0.4, 0.5) is 11.4 Å². The lowest BCUT2D eigenvalue weighted by Gasteiger charge is -2.42. The Hall–Kier alpha value is -5.68. The van der Waals surface area contributed by atoms with Crippen molar-refractivity contribution in [2.24, 2.45) is 0 Å². The molecule has 14 rings (SSSR count). The fraction of sp³-hybridized carbons (Fsp3) is 0.292. The van der Waals surface area contributed by atoms with Crippen LogP contribution in [0.25, 0.3) is 73.4 Å². The van der Waals surface area contributed by atoms with Gasteiger partial charge in [0.2, 0.25) is 0 Å². The van der Waals surface area contributed by atoms with Crippen LogP contribution in [-0.2, 0) is 28.1 Å². The van der Waals surface area contributed by atoms with Gasteiger partial charge in [-0.15, -0.1) is 22.7 Å². The van der Waals surface area contributed by atoms with Crippen molar-refractivity contribution in [2.45, 2.75) is 122 Å². The third-order valence-electron chi connectivity index (χ3n) is 18.1. The van der Waals surface area contributed by atoms with E-state index in [0.29, 0.717) is 0 Å². The average molecular weight is 930 g/mol. The molecule has 0 bridgehead atoms. The molecule has 3 aliphatic carbocycles. The molecule has 1 aliphatic heterocycles. The topological polar surface area (TPSA) is 12.0 Å². The zero-order chi connectivity index (χ0) is 47.1. The van der Waals surface area contributed by atoms with E-state index in [1.165, 1.54) is 160 Å². The first-order chi connectivity index (χ1) is 33.1. The number of hydrogen-bond acceptors (Lipinski definition) is 3. The van der Waals surface area contributed by atoms with E-state index in [1.807, 2.05) is 22.7 Å². The van der Waals surface area contributed by atoms with Crippen LogP contribution in [0, 0.1) is 6.92 Å². The minimum Gasteiger partial charge on any atom is -0.355 e. The van der Waals surface area contributed by atoms with E-state index in [0.717, 1.165) is 13.7 Å². The van der Waals surface area contributed by atoms with Crippen molar-refractivity contribution < 1.29 is 0 Å². The predicted octanol–water partition coefficient (Wildman–Crippen LogP) is 17.0. The summed E-state index contributed by atoms with van der Waals surface area (Å²) in [5, 5.41) is 12.6. The van der Waals surface area contributed by atoms with Crippen molar-refractivity contribution in [2.75, 3.05) is 5.32 Å². The SMILES string of the molecule is Cc1cc2c(cc1Nc1ccc3sc4cc5c(cc4c3c1-c1c3c(cc4c1sc1ccccc14)C1Cc4ccc6ccccc6c4-c4cccc(c41)B3)C(C)(C)CCC5(C)C)C(C)(C)CCC2(C)C. The van der Waals surface area contributed by atoms with Crippen LogP contribution >= 0.6 is 22.7 Å². The summed E-state index contributed by atoms with van der Waals surface area (Å²) in [5.41, 5.74) is 23.5. The lowest BCUT2D eigenvalue weighted by molar-refractivity contribution is 0.332. The lowest BCUT2D eigenvalue weighted by Crippen LogP contribution is -2.42. The van der Waals surface area contributed by atoms with Gasteiger partial charge in [0.15, 0.2) is 7.28 Å². The van der Waals surface area contributed by atoms with Gasteiger partial charge in [-0.1, -0.05) is 145 Å². The van der Waals surface area contributed by atoms with Crippen molar-refractivity contribution in [1.82, 2.24) is 0 Å². The molecule has 1 N–H and O–H groups in total. The van der Waals surface area contributed by atoms with Gasteiger partial charge >= 0.3 is 0 Å². The molecular weight excluding hydrogens is 870 g/mol. The summed E-state index contributed by atoms with van der Waals surface area (Å²) in [6.07, 6.45) is 5.80. The summed E-state index contributed by atoms with van der Waals surface area (Å²) in [6, 6.07) is 48.2. The van der Waals surface area contributed by atoms with E-state index in [4.69, 9.17) is 0 Å². The maximum atomic E-state index is 4.30. The Balaban J connectivity index is 1.10. The Morgan fingerprint density at radius 2 is 1.20 bits per heavy atom. The first kappa shape index (κ1) is 42.2. The van der Waals surface area contributed by atoms with E-state index >= 15 is 0 Å². The van der Waals surface area contributed by atoms with Crippen molar-refractivity contribution >= 4 is 103 Å². The molecule has 10 aromatic rings. The molecule has 0 amide bonds. The molecule has 3 heterocycles. The molecule has 0 radical (unpaired) electrons. The van der Waals surface area contributed by atoms with Gasteiger partial charge < -0.3 is 5.32 Å². The minimum absolute atomic E-state index is 0.0961. The Bertz CT molecular complexity index is 3910. The van der Waals surface area contributed by atoms with Gasteiger partial charge in [-0.25, -0.2) is 0 Å². The molecule has 340 valence electrons. The summed E-state index contributed by atoms with van der Waals surface area (Å²) in [4.78, 5) is 0. The van der Waals surface area contributed by atoms with Crippen LogP contribution in [0.2, 0.25) is 0 Å². The molecule has 0 spiro atoms. The van der Waals surface area contributed by atoms with E-state index in [1.54, 1.807) is 5.56 Å². The molecule has 1 atom stereocenters. The first-order valence-electron chi connectivity index (χ1n) is 25.6. The smallest absolute Gasteiger partial charge is 0.193 e. The minimum atomic E-state index is 0.0961. The maximum Gasteiger partial charge on any atom is 0.193 e. The molecule has 4 heteroatoms. The predicted molar refractivity (Wildman–Crippen MR) is 304 cm³/mol. The summed E-state index contributed by atoms with van der Waals surface area (Å²) >= 11 is 4.01. The summed E-state index contributed by atoms with van der Waals surface area (Å²) in [5.74, 6) is 0.258. The summed E-state index contributed by atoms with van der Waals surface area (Å²) in [6.45, 7) is 22.1. The first-order valence-corrected chi connectivity index (χ1v) is 27.3. The Morgan fingerprint density at radius 1 is 0.522 bits per heavy atom. The Labute approximate surface area is 416 Å². The third kappa shape index (κ3) is 6.01. The summed E-state index contributed by atoms with van der Waals surface area (Å²) < 4.78 is 5.55. The highest BCUT2D eigenvalue weighted by molar-refractivity contribution is 7.27. The van der Waals surface area contributed by atoms with E-state index in [2.05, 4.69) is 189 Å². The number of nitrogens with one attached hydrogen (secondary N) is 1. The second kappa shape index (κ2) is 14.2. The van der Waals surface area contributed by atoms with Gasteiger partial charge in [0.05, 0.1) is 0 Å². The van der Waals surface area contributed by atoms with Gasteiger partial charge in [-0.3, -0.25) is 0 Å². The second-order valence-corrected chi connectivity index (χ2v) is 26.3. The largest absolute Gasteiger partial charge is 0.355 e. The molecule has 1 unspecified atom stereocenters. The van der Waals surface area contributed by atoms with Crippen LogP contribution in [-0.4, -0.2) is 7.28 Å². The number of rotatable bonds is 3. The molecule has 4 aliphatic rings. The van der Waals surface area contributed by atoms with Crippen molar-refractivity contribution in [1.29, 1.82) is 0 Å². The van der Waals surface area contributed by atoms with Crippen molar-refractivity contribution in [3.8, 4) is 22.3 Å². The number of hydrogen-bond donors (Lipinski definition) is 1. The Morgan fingerprint density at radius 3 is 1.97 bits per heavy atom. The second-order valence-electron chi connectivity index (χ2n) is 24.2. The van der Waals surface area contributed by atoms with Gasteiger partial charge in [-0.05, 0) is 175 Å². The quantitative estimate of drug-likeness (QED) is 0.174. The average Bonchev–Trinajstić information content (AvgIpc) is 3.89. The van der Waals surface area contributed by atoms with Crippen LogP contribution in [0.15, 0.2) is 121 Å². The molecule has 69 heavy (non-hydrogen) atoms. The third-order valence-corrected chi connectivity index (χ3v) is 20.5. The Kier molecular flexibility index (Phi) is 8.71. The zero-order valence-electron chi connectivity index (χ0n) is 41.7. The molecule has 2 aromatic heterocycles. The standard InChI is InChI=1S/C65H60BNS2/c1-35-29-45-47(64(6,7)27-25-62(45,2)3)33-51(35)67-50-23-24-53-57(44-32-46-48(34-54(44)68-53)65(8,9)28-26-63(46,4)5)58(50)59-60-42(31-43-39-17-12-13-20-52(39)69-61(43)59)41-30-37-22-21-36-15-10-11-16-38(36)55(37)40-18-14-19-49(66-60)56(40)41/h10-24,29,31-34,41,66-67H,25-28,30H2,1-9H3. The number of benzene rings is 8. The van der Waals surface area contributed by atoms with Gasteiger partial charge in [-0.2, -0.15) is 0 Å². The van der Waals surface area contributed by atoms with Crippen LogP contribution < -0.4 is 16.2 Å². The molecule has 0 saturated carbocycles. The van der Waals surface area contributed by atoms with Crippen LogP contribution in [0.3, 0.4) is 0 Å². The molecule has 8 aromatic carbocycles. The van der Waals surface area contributed by atoms with Gasteiger partial charge in [0.1, 0.15) is 0 Å². The highest BCUT2D eigenvalue weighted by atomic mass is 32.1. The molecule has 0 fully saturated rings. The summed E-state index contributed by atoms with van der Waals surface area (Å²) in [7, 11) is 0.907. The number of aryl methyl sites for hydroxylation is 1.